The fourth-order valence-corrected chi connectivity index (χ4v) is 10.7. The topological polar surface area (TPSA) is 78.9 Å². The van der Waals surface area contributed by atoms with E-state index in [9.17, 15) is 14.4 Å². The third-order valence-corrected chi connectivity index (χ3v) is 16.0. The molecule has 0 rings (SSSR count). The number of carbonyl (C=O) groups is 3. The van der Waals surface area contributed by atoms with Gasteiger partial charge in [-0.2, -0.15) is 0 Å². The zero-order chi connectivity index (χ0) is 58.5. The van der Waals surface area contributed by atoms with Gasteiger partial charge in [-0.25, -0.2) is 0 Å². The van der Waals surface area contributed by atoms with Gasteiger partial charge in [-0.05, 0) is 83.5 Å². The molecule has 0 N–H and O–H groups in total. The molecule has 0 aromatic heterocycles. The Hall–Kier alpha value is -2.89. The molecule has 6 heteroatoms. The smallest absolute Gasteiger partial charge is 0.306 e. The molecule has 472 valence electrons. The molecule has 0 fully saturated rings. The van der Waals surface area contributed by atoms with E-state index in [1.165, 1.54) is 244 Å². The van der Waals surface area contributed by atoms with Crippen LogP contribution in [-0.2, 0) is 28.6 Å². The first-order valence-corrected chi connectivity index (χ1v) is 35.8. The van der Waals surface area contributed by atoms with Crippen LogP contribution in [0, 0.1) is 0 Å². The maximum absolute atomic E-state index is 12.9. The third-order valence-electron chi connectivity index (χ3n) is 16.0. The molecule has 0 spiro atoms. The Kier molecular flexibility index (Phi) is 67.1. The second-order valence-electron chi connectivity index (χ2n) is 24.1. The SMILES string of the molecule is CC/C=C\C/C=C\C/C=C\C/C=C\CCCCCCCCC(=O)OC(COC(=O)CCCCCCCCCCCCCCC)COC(=O)CCCCCCCCCCCCCCCCCCCCC/C=C\CCCCCCCCCC. The first-order valence-electron chi connectivity index (χ1n) is 35.8. The Labute approximate surface area is 504 Å². The van der Waals surface area contributed by atoms with Gasteiger partial charge in [0.05, 0.1) is 0 Å². The summed E-state index contributed by atoms with van der Waals surface area (Å²) in [6, 6.07) is 0. The summed E-state index contributed by atoms with van der Waals surface area (Å²) in [6.07, 6.45) is 89.8. The zero-order valence-corrected chi connectivity index (χ0v) is 54.3. The van der Waals surface area contributed by atoms with Crippen molar-refractivity contribution in [3.8, 4) is 0 Å². The fourth-order valence-electron chi connectivity index (χ4n) is 10.7. The highest BCUT2D eigenvalue weighted by molar-refractivity contribution is 5.71. The van der Waals surface area contributed by atoms with Gasteiger partial charge in [0.15, 0.2) is 6.10 Å². The lowest BCUT2D eigenvalue weighted by atomic mass is 10.0. The van der Waals surface area contributed by atoms with E-state index in [2.05, 4.69) is 81.5 Å². The third kappa shape index (κ3) is 67.8. The average molecular weight is 1130 g/mol. The maximum Gasteiger partial charge on any atom is 0.306 e. The zero-order valence-electron chi connectivity index (χ0n) is 54.3. The Bertz CT molecular complexity index is 1440. The lowest BCUT2D eigenvalue weighted by molar-refractivity contribution is -0.167. The Morgan fingerprint density at radius 2 is 0.481 bits per heavy atom. The van der Waals surface area contributed by atoms with Gasteiger partial charge in [0.2, 0.25) is 0 Å². The largest absolute Gasteiger partial charge is 0.462 e. The van der Waals surface area contributed by atoms with Crippen molar-refractivity contribution in [3.63, 3.8) is 0 Å². The minimum absolute atomic E-state index is 0.0755. The lowest BCUT2D eigenvalue weighted by Crippen LogP contribution is -2.30. The minimum Gasteiger partial charge on any atom is -0.462 e. The van der Waals surface area contributed by atoms with Gasteiger partial charge in [0, 0.05) is 19.3 Å². The van der Waals surface area contributed by atoms with Crippen molar-refractivity contribution < 1.29 is 28.6 Å². The van der Waals surface area contributed by atoms with Crippen LogP contribution >= 0.6 is 0 Å². The van der Waals surface area contributed by atoms with Gasteiger partial charge in [-0.15, -0.1) is 0 Å². The van der Waals surface area contributed by atoms with Gasteiger partial charge < -0.3 is 14.2 Å². The van der Waals surface area contributed by atoms with Gasteiger partial charge in [-0.1, -0.05) is 338 Å². The van der Waals surface area contributed by atoms with Crippen LogP contribution < -0.4 is 0 Å². The monoisotopic (exact) mass is 1130 g/mol. The Morgan fingerprint density at radius 3 is 0.765 bits per heavy atom. The predicted octanol–water partition coefficient (Wildman–Crippen LogP) is 24.7. The first-order chi connectivity index (χ1) is 40.0. The molecule has 6 nitrogen and oxygen atoms in total. The van der Waals surface area contributed by atoms with E-state index in [0.717, 1.165) is 96.3 Å². The molecule has 0 heterocycles. The van der Waals surface area contributed by atoms with E-state index in [1.807, 2.05) is 0 Å². The molecular weight excluding hydrogens is 997 g/mol. The van der Waals surface area contributed by atoms with Crippen LogP contribution in [0.2, 0.25) is 0 Å². The summed E-state index contributed by atoms with van der Waals surface area (Å²) in [4.78, 5) is 38.4. The van der Waals surface area contributed by atoms with Gasteiger partial charge in [0.1, 0.15) is 13.2 Å². The molecule has 1 atom stereocenters. The molecule has 0 aliphatic heterocycles. The molecule has 0 aliphatic carbocycles. The number of ether oxygens (including phenoxy) is 3. The summed E-state index contributed by atoms with van der Waals surface area (Å²) >= 11 is 0. The summed E-state index contributed by atoms with van der Waals surface area (Å²) in [5.41, 5.74) is 0. The highest BCUT2D eigenvalue weighted by atomic mass is 16.6. The molecule has 0 saturated heterocycles. The van der Waals surface area contributed by atoms with Crippen molar-refractivity contribution in [1.82, 2.24) is 0 Å². The summed E-state index contributed by atoms with van der Waals surface area (Å²) < 4.78 is 17.0. The average Bonchev–Trinajstić information content (AvgIpc) is 3.46. The lowest BCUT2D eigenvalue weighted by Gasteiger charge is -2.18. The van der Waals surface area contributed by atoms with Crippen LogP contribution in [-0.4, -0.2) is 37.2 Å². The highest BCUT2D eigenvalue weighted by Crippen LogP contribution is 2.18. The van der Waals surface area contributed by atoms with E-state index in [0.29, 0.717) is 19.3 Å². The molecule has 0 radical (unpaired) electrons. The first kappa shape index (κ1) is 78.1. The fraction of sp³-hybridized carbons (Fsp3) is 0.827. The van der Waals surface area contributed by atoms with E-state index in [-0.39, 0.29) is 31.1 Å². The van der Waals surface area contributed by atoms with Crippen molar-refractivity contribution in [3.05, 3.63) is 60.8 Å². The summed E-state index contributed by atoms with van der Waals surface area (Å²) in [5, 5.41) is 0. The quantitative estimate of drug-likeness (QED) is 0.0261. The number of hydrogen-bond acceptors (Lipinski definition) is 6. The molecule has 0 aromatic carbocycles. The minimum atomic E-state index is -0.780. The summed E-state index contributed by atoms with van der Waals surface area (Å²) in [5.74, 6) is -0.866. The predicted molar refractivity (Wildman–Crippen MR) is 353 cm³/mol. The number of allylic oxidation sites excluding steroid dienone is 10. The molecular formula is C75H136O6. The molecule has 1 unspecified atom stereocenters. The number of unbranched alkanes of at least 4 members (excludes halogenated alkanes) is 45. The van der Waals surface area contributed by atoms with Crippen molar-refractivity contribution in [1.29, 1.82) is 0 Å². The highest BCUT2D eigenvalue weighted by Gasteiger charge is 2.19. The van der Waals surface area contributed by atoms with Crippen LogP contribution in [0.5, 0.6) is 0 Å². The second kappa shape index (κ2) is 69.6. The van der Waals surface area contributed by atoms with Crippen molar-refractivity contribution in [2.75, 3.05) is 13.2 Å². The summed E-state index contributed by atoms with van der Waals surface area (Å²) in [7, 11) is 0. The van der Waals surface area contributed by atoms with Crippen molar-refractivity contribution in [2.45, 2.75) is 386 Å². The number of esters is 3. The number of rotatable bonds is 66. The van der Waals surface area contributed by atoms with Crippen LogP contribution in [0.25, 0.3) is 0 Å². The number of hydrogen-bond donors (Lipinski definition) is 0. The molecule has 0 bridgehead atoms. The van der Waals surface area contributed by atoms with E-state index in [1.54, 1.807) is 0 Å². The molecule has 0 saturated carbocycles. The van der Waals surface area contributed by atoms with Gasteiger partial charge >= 0.3 is 17.9 Å². The van der Waals surface area contributed by atoms with E-state index >= 15 is 0 Å². The molecule has 0 amide bonds. The standard InChI is InChI=1S/C75H136O6/c1-4-7-10-13-16-19-22-25-27-29-31-32-33-34-35-36-37-38-39-40-41-42-44-45-47-50-53-56-59-62-65-68-74(77)80-71-72(70-79-73(76)67-64-61-58-55-52-49-24-21-18-15-12-9-6-3)81-75(78)69-66-63-60-57-54-51-48-46-43-30-28-26-23-20-17-14-11-8-5-2/h8,11,17,20,26,28-29,31,43,46,72H,4-7,9-10,12-16,18-19,21-25,27,30,32-42,44-45,47-71H2,1-3H3/b11-8-,20-17-,28-26-,31-29-,46-43-. The molecule has 0 aliphatic rings. The van der Waals surface area contributed by atoms with Gasteiger partial charge in [-0.3, -0.25) is 14.4 Å². The van der Waals surface area contributed by atoms with E-state index < -0.39 is 6.10 Å². The Morgan fingerprint density at radius 1 is 0.259 bits per heavy atom. The maximum atomic E-state index is 12.9. The second-order valence-corrected chi connectivity index (χ2v) is 24.1. The van der Waals surface area contributed by atoms with E-state index in [4.69, 9.17) is 14.2 Å². The van der Waals surface area contributed by atoms with Crippen LogP contribution in [0.15, 0.2) is 60.8 Å². The Balaban J connectivity index is 4.18. The van der Waals surface area contributed by atoms with Crippen LogP contribution in [0.1, 0.15) is 380 Å². The normalized spacial score (nSPS) is 12.4. The summed E-state index contributed by atoms with van der Waals surface area (Å²) in [6.45, 7) is 6.57. The van der Waals surface area contributed by atoms with Crippen LogP contribution in [0.3, 0.4) is 0 Å². The molecule has 81 heavy (non-hydrogen) atoms. The van der Waals surface area contributed by atoms with Crippen molar-refractivity contribution in [2.24, 2.45) is 0 Å². The van der Waals surface area contributed by atoms with Gasteiger partial charge in [0.25, 0.3) is 0 Å². The molecule has 0 aromatic rings. The number of carbonyl (C=O) groups excluding carboxylic acids is 3. The van der Waals surface area contributed by atoms with Crippen molar-refractivity contribution >= 4 is 17.9 Å². The van der Waals surface area contributed by atoms with Crippen LogP contribution in [0.4, 0.5) is 0 Å².